The van der Waals surface area contributed by atoms with Crippen LogP contribution in [0.2, 0.25) is 0 Å². The zero-order chi connectivity index (χ0) is 13.1. The first-order chi connectivity index (χ1) is 8.65. The molecule has 0 fully saturated rings. The first-order valence-electron chi connectivity index (χ1n) is 5.27. The standard InChI is InChI=1S/C13H11NO3S/c1-2-7-14-10(11-4-3-8-18-11)6-5-9(12(14)15)13(16)17/h2-6,8H,1,7H2,(H,16,17). The molecule has 0 bridgehead atoms. The minimum absolute atomic E-state index is 0.225. The van der Waals surface area contributed by atoms with E-state index in [1.807, 2.05) is 17.5 Å². The van der Waals surface area contributed by atoms with Crippen LogP contribution in [0.25, 0.3) is 10.6 Å². The fourth-order valence-electron chi connectivity index (χ4n) is 1.69. The van der Waals surface area contributed by atoms with Crippen LogP contribution in [0.15, 0.2) is 47.1 Å². The number of hydrogen-bond acceptors (Lipinski definition) is 3. The Hall–Kier alpha value is -2.14. The van der Waals surface area contributed by atoms with Gasteiger partial charge < -0.3 is 9.67 Å². The van der Waals surface area contributed by atoms with Crippen LogP contribution in [0, 0.1) is 0 Å². The number of carbonyl (C=O) groups is 1. The Balaban J connectivity index is 2.69. The van der Waals surface area contributed by atoms with E-state index in [4.69, 9.17) is 5.11 Å². The quantitative estimate of drug-likeness (QED) is 0.860. The molecule has 2 rings (SSSR count). The first-order valence-corrected chi connectivity index (χ1v) is 6.15. The van der Waals surface area contributed by atoms with Crippen molar-refractivity contribution >= 4 is 17.3 Å². The number of hydrogen-bond donors (Lipinski definition) is 1. The minimum Gasteiger partial charge on any atom is -0.477 e. The van der Waals surface area contributed by atoms with Crippen molar-refractivity contribution in [3.05, 3.63) is 58.2 Å². The van der Waals surface area contributed by atoms with Gasteiger partial charge in [-0.2, -0.15) is 0 Å². The molecular weight excluding hydrogens is 250 g/mol. The van der Waals surface area contributed by atoms with E-state index in [9.17, 15) is 9.59 Å². The lowest BCUT2D eigenvalue weighted by Crippen LogP contribution is -2.26. The molecule has 92 valence electrons. The maximum absolute atomic E-state index is 12.1. The van der Waals surface area contributed by atoms with Crippen molar-refractivity contribution in [1.82, 2.24) is 4.57 Å². The fraction of sp³-hybridized carbons (Fsp3) is 0.0769. The van der Waals surface area contributed by atoms with Crippen molar-refractivity contribution in [2.45, 2.75) is 6.54 Å². The highest BCUT2D eigenvalue weighted by Gasteiger charge is 2.14. The monoisotopic (exact) mass is 261 g/mol. The van der Waals surface area contributed by atoms with Crippen molar-refractivity contribution in [2.24, 2.45) is 0 Å². The summed E-state index contributed by atoms with van der Waals surface area (Å²) in [7, 11) is 0. The lowest BCUT2D eigenvalue weighted by atomic mass is 10.2. The summed E-state index contributed by atoms with van der Waals surface area (Å²) in [6.45, 7) is 3.88. The molecular formula is C13H11NO3S. The van der Waals surface area contributed by atoms with Crippen LogP contribution in [0.4, 0.5) is 0 Å². The average molecular weight is 261 g/mol. The molecule has 0 aliphatic heterocycles. The second kappa shape index (κ2) is 5.01. The molecule has 1 N–H and O–H groups in total. The fourth-order valence-corrected chi connectivity index (χ4v) is 2.45. The van der Waals surface area contributed by atoms with Gasteiger partial charge in [0.1, 0.15) is 5.56 Å². The Morgan fingerprint density at radius 3 is 2.78 bits per heavy atom. The van der Waals surface area contributed by atoms with E-state index in [0.717, 1.165) is 4.88 Å². The van der Waals surface area contributed by atoms with E-state index >= 15 is 0 Å². The van der Waals surface area contributed by atoms with Gasteiger partial charge >= 0.3 is 5.97 Å². The number of rotatable bonds is 4. The molecule has 2 aromatic rings. The number of aromatic carboxylic acids is 1. The molecule has 2 heterocycles. The lowest BCUT2D eigenvalue weighted by Gasteiger charge is -2.10. The van der Waals surface area contributed by atoms with Crippen molar-refractivity contribution in [2.75, 3.05) is 0 Å². The molecule has 0 amide bonds. The summed E-state index contributed by atoms with van der Waals surface area (Å²) >= 11 is 1.50. The highest BCUT2D eigenvalue weighted by molar-refractivity contribution is 7.13. The zero-order valence-corrected chi connectivity index (χ0v) is 10.3. The predicted octanol–water partition coefficient (Wildman–Crippen LogP) is 2.46. The number of carboxylic acid groups (broad SMARTS) is 1. The second-order valence-corrected chi connectivity index (χ2v) is 4.57. The van der Waals surface area contributed by atoms with E-state index in [0.29, 0.717) is 5.69 Å². The third-order valence-corrected chi connectivity index (χ3v) is 3.38. The number of allylic oxidation sites excluding steroid dienone is 1. The molecule has 0 spiro atoms. The molecule has 0 radical (unpaired) electrons. The molecule has 5 heteroatoms. The molecule has 0 unspecified atom stereocenters. The maximum Gasteiger partial charge on any atom is 0.341 e. The van der Waals surface area contributed by atoms with Gasteiger partial charge in [0, 0.05) is 6.54 Å². The average Bonchev–Trinajstić information content (AvgIpc) is 2.84. The van der Waals surface area contributed by atoms with E-state index in [-0.39, 0.29) is 12.1 Å². The van der Waals surface area contributed by atoms with Gasteiger partial charge in [-0.05, 0) is 23.6 Å². The number of aromatic nitrogens is 1. The largest absolute Gasteiger partial charge is 0.477 e. The van der Waals surface area contributed by atoms with Gasteiger partial charge in [-0.25, -0.2) is 4.79 Å². The van der Waals surface area contributed by atoms with Gasteiger partial charge in [-0.3, -0.25) is 4.79 Å². The summed E-state index contributed by atoms with van der Waals surface area (Å²) in [5.74, 6) is -1.21. The van der Waals surface area contributed by atoms with E-state index in [1.165, 1.54) is 22.0 Å². The predicted molar refractivity (Wildman–Crippen MR) is 71.2 cm³/mol. The summed E-state index contributed by atoms with van der Waals surface area (Å²) in [4.78, 5) is 23.9. The number of nitrogens with zero attached hydrogens (tertiary/aromatic N) is 1. The normalized spacial score (nSPS) is 10.2. The summed E-state index contributed by atoms with van der Waals surface area (Å²) in [5, 5.41) is 10.8. The van der Waals surface area contributed by atoms with Crippen LogP contribution in [0.3, 0.4) is 0 Å². The van der Waals surface area contributed by atoms with Crippen LogP contribution in [-0.2, 0) is 6.54 Å². The molecule has 0 aliphatic rings. The summed E-state index contributed by atoms with van der Waals surface area (Å²) in [6, 6.07) is 6.77. The van der Waals surface area contributed by atoms with Crippen LogP contribution in [0.5, 0.6) is 0 Å². The van der Waals surface area contributed by atoms with Gasteiger partial charge in [0.25, 0.3) is 5.56 Å². The van der Waals surface area contributed by atoms with Gasteiger partial charge in [0.15, 0.2) is 0 Å². The summed E-state index contributed by atoms with van der Waals surface area (Å²) in [6.07, 6.45) is 1.57. The molecule has 0 aromatic carbocycles. The number of pyridine rings is 1. The third kappa shape index (κ3) is 2.12. The second-order valence-electron chi connectivity index (χ2n) is 3.62. The van der Waals surface area contributed by atoms with Crippen LogP contribution >= 0.6 is 11.3 Å². The van der Waals surface area contributed by atoms with E-state index in [2.05, 4.69) is 6.58 Å². The van der Waals surface area contributed by atoms with E-state index < -0.39 is 11.5 Å². The van der Waals surface area contributed by atoms with Crippen molar-refractivity contribution in [3.8, 4) is 10.6 Å². The Morgan fingerprint density at radius 2 is 2.22 bits per heavy atom. The molecule has 0 saturated heterocycles. The van der Waals surface area contributed by atoms with Gasteiger partial charge in [0.05, 0.1) is 10.6 Å². The number of thiophene rings is 1. The minimum atomic E-state index is -1.21. The highest BCUT2D eigenvalue weighted by atomic mass is 32.1. The van der Waals surface area contributed by atoms with Gasteiger partial charge in [-0.1, -0.05) is 12.1 Å². The topological polar surface area (TPSA) is 59.3 Å². The Bertz CT molecular complexity index is 641. The zero-order valence-electron chi connectivity index (χ0n) is 9.50. The van der Waals surface area contributed by atoms with Crippen LogP contribution in [0.1, 0.15) is 10.4 Å². The molecule has 2 aromatic heterocycles. The molecule has 0 saturated carbocycles. The first kappa shape index (κ1) is 12.3. The number of carboxylic acids is 1. The molecule has 18 heavy (non-hydrogen) atoms. The highest BCUT2D eigenvalue weighted by Crippen LogP contribution is 2.23. The van der Waals surface area contributed by atoms with Crippen molar-refractivity contribution < 1.29 is 9.90 Å². The summed E-state index contributed by atoms with van der Waals surface area (Å²) in [5.41, 5.74) is -0.0228. The van der Waals surface area contributed by atoms with Crippen molar-refractivity contribution in [3.63, 3.8) is 0 Å². The SMILES string of the molecule is C=CCn1c(-c2cccs2)ccc(C(=O)O)c1=O. The molecule has 4 nitrogen and oxygen atoms in total. The smallest absolute Gasteiger partial charge is 0.341 e. The van der Waals surface area contributed by atoms with Crippen LogP contribution in [-0.4, -0.2) is 15.6 Å². The maximum atomic E-state index is 12.1. The Kier molecular flexibility index (Phi) is 3.43. The third-order valence-electron chi connectivity index (χ3n) is 2.49. The Morgan fingerprint density at radius 1 is 1.44 bits per heavy atom. The van der Waals surface area contributed by atoms with Crippen LogP contribution < -0.4 is 5.56 Å². The van der Waals surface area contributed by atoms with Gasteiger partial charge in [-0.15, -0.1) is 17.9 Å². The molecule has 0 atom stereocenters. The van der Waals surface area contributed by atoms with E-state index in [1.54, 1.807) is 12.1 Å². The lowest BCUT2D eigenvalue weighted by molar-refractivity contribution is 0.0694. The molecule has 0 aliphatic carbocycles. The summed E-state index contributed by atoms with van der Waals surface area (Å²) < 4.78 is 1.42. The van der Waals surface area contributed by atoms with Gasteiger partial charge in [0.2, 0.25) is 0 Å². The van der Waals surface area contributed by atoms with Crippen molar-refractivity contribution in [1.29, 1.82) is 0 Å². The Labute approximate surface area is 107 Å².